The highest BCUT2D eigenvalue weighted by Crippen LogP contribution is 2.49. The maximum atomic E-state index is 13.6. The first-order chi connectivity index (χ1) is 10.3. The molecule has 2 aromatic carbocycles. The number of halogens is 6. The second-order valence-electron chi connectivity index (χ2n) is 4.13. The lowest BCUT2D eigenvalue weighted by molar-refractivity contribution is 0.0601. The maximum Gasteiger partial charge on any atom is 0.338 e. The van der Waals surface area contributed by atoms with Crippen molar-refractivity contribution in [3.05, 3.63) is 54.7 Å². The SMILES string of the molecule is COC(=O)c1ccc(F)cc1-c1c(Cl)c(Cl)c(Cl)c(Cl)c1Cl. The van der Waals surface area contributed by atoms with E-state index in [0.717, 1.165) is 12.1 Å². The molecule has 0 heterocycles. The van der Waals surface area contributed by atoms with Crippen molar-refractivity contribution in [2.75, 3.05) is 7.11 Å². The molecule has 0 aliphatic rings. The first-order valence-electron chi connectivity index (χ1n) is 5.69. The zero-order valence-electron chi connectivity index (χ0n) is 10.8. The zero-order valence-corrected chi connectivity index (χ0v) is 14.6. The first kappa shape index (κ1) is 17.6. The number of methoxy groups -OCH3 is 1. The van der Waals surface area contributed by atoms with Gasteiger partial charge in [0, 0.05) is 11.1 Å². The number of carbonyl (C=O) groups is 1. The van der Waals surface area contributed by atoms with Crippen molar-refractivity contribution < 1.29 is 13.9 Å². The zero-order chi connectivity index (χ0) is 16.6. The predicted molar refractivity (Wildman–Crippen MR) is 88.2 cm³/mol. The third kappa shape index (κ3) is 3.01. The number of carbonyl (C=O) groups excluding carboxylic acids is 1. The predicted octanol–water partition coefficient (Wildman–Crippen LogP) is 6.55. The average Bonchev–Trinajstić information content (AvgIpc) is 2.50. The molecule has 0 aliphatic carbocycles. The van der Waals surface area contributed by atoms with Crippen molar-refractivity contribution in [1.29, 1.82) is 0 Å². The van der Waals surface area contributed by atoms with Crippen molar-refractivity contribution in [3.8, 4) is 11.1 Å². The molecule has 0 atom stereocenters. The van der Waals surface area contributed by atoms with Crippen molar-refractivity contribution in [1.82, 2.24) is 0 Å². The van der Waals surface area contributed by atoms with E-state index in [4.69, 9.17) is 58.0 Å². The minimum absolute atomic E-state index is 0.0295. The monoisotopic (exact) mass is 400 g/mol. The fourth-order valence-corrected chi connectivity index (χ4v) is 3.19. The number of hydrogen-bond donors (Lipinski definition) is 0. The minimum atomic E-state index is -0.690. The molecule has 8 heteroatoms. The number of rotatable bonds is 2. The van der Waals surface area contributed by atoms with Crippen LogP contribution in [0, 0.1) is 5.82 Å². The lowest BCUT2D eigenvalue weighted by atomic mass is 9.99. The first-order valence-corrected chi connectivity index (χ1v) is 7.58. The number of esters is 1. The van der Waals surface area contributed by atoms with E-state index in [0.29, 0.717) is 0 Å². The molecule has 0 amide bonds. The Morgan fingerprint density at radius 3 is 1.95 bits per heavy atom. The number of hydrogen-bond acceptors (Lipinski definition) is 2. The molecule has 0 saturated heterocycles. The molecule has 0 aliphatic heterocycles. The van der Waals surface area contributed by atoms with Crippen LogP contribution >= 0.6 is 58.0 Å². The third-order valence-electron chi connectivity index (χ3n) is 2.87. The largest absolute Gasteiger partial charge is 0.465 e. The van der Waals surface area contributed by atoms with Crippen LogP contribution in [0.1, 0.15) is 10.4 Å². The highest BCUT2D eigenvalue weighted by molar-refractivity contribution is 6.56. The van der Waals surface area contributed by atoms with Gasteiger partial charge in [-0.1, -0.05) is 58.0 Å². The van der Waals surface area contributed by atoms with Gasteiger partial charge in [-0.3, -0.25) is 0 Å². The second kappa shape index (κ2) is 6.81. The average molecular weight is 402 g/mol. The topological polar surface area (TPSA) is 26.3 Å². The quantitative estimate of drug-likeness (QED) is 0.324. The summed E-state index contributed by atoms with van der Waals surface area (Å²) in [5, 5.41) is -0.215. The number of benzene rings is 2. The van der Waals surface area contributed by atoms with Crippen LogP contribution in [-0.2, 0) is 4.74 Å². The smallest absolute Gasteiger partial charge is 0.338 e. The molecule has 116 valence electrons. The lowest BCUT2D eigenvalue weighted by Gasteiger charge is -2.15. The van der Waals surface area contributed by atoms with Crippen LogP contribution in [0.5, 0.6) is 0 Å². The third-order valence-corrected chi connectivity index (χ3v) is 5.14. The summed E-state index contributed by atoms with van der Waals surface area (Å²) >= 11 is 30.2. The van der Waals surface area contributed by atoms with Crippen LogP contribution < -0.4 is 0 Å². The molecule has 2 nitrogen and oxygen atoms in total. The molecular weight excluding hydrogens is 396 g/mol. The summed E-state index contributed by atoms with van der Waals surface area (Å²) in [6.07, 6.45) is 0. The number of ether oxygens (including phenoxy) is 1. The molecule has 2 rings (SSSR count). The molecular formula is C14H6Cl5FO2. The van der Waals surface area contributed by atoms with E-state index < -0.39 is 11.8 Å². The molecule has 0 unspecified atom stereocenters. The summed E-state index contributed by atoms with van der Waals surface area (Å²) < 4.78 is 18.3. The van der Waals surface area contributed by atoms with Gasteiger partial charge in [0.25, 0.3) is 0 Å². The second-order valence-corrected chi connectivity index (χ2v) is 6.02. The van der Waals surface area contributed by atoms with Gasteiger partial charge in [0.2, 0.25) is 0 Å². The van der Waals surface area contributed by atoms with E-state index in [1.54, 1.807) is 0 Å². The maximum absolute atomic E-state index is 13.6. The highest BCUT2D eigenvalue weighted by atomic mass is 35.5. The van der Waals surface area contributed by atoms with Gasteiger partial charge in [-0.2, -0.15) is 0 Å². The Morgan fingerprint density at radius 2 is 1.45 bits per heavy atom. The van der Waals surface area contributed by atoms with Crippen LogP contribution in [0.3, 0.4) is 0 Å². The van der Waals surface area contributed by atoms with Crippen molar-refractivity contribution in [2.45, 2.75) is 0 Å². The molecule has 0 N–H and O–H groups in total. The Labute approximate surface area is 150 Å². The summed E-state index contributed by atoms with van der Waals surface area (Å²) in [5.74, 6) is -1.29. The molecule has 0 aromatic heterocycles. The Hall–Kier alpha value is -0.710. The summed E-state index contributed by atoms with van der Waals surface area (Å²) in [4.78, 5) is 11.9. The van der Waals surface area contributed by atoms with Crippen LogP contribution in [0.25, 0.3) is 11.1 Å². The van der Waals surface area contributed by atoms with Gasteiger partial charge in [-0.25, -0.2) is 9.18 Å². The molecule has 0 fully saturated rings. The van der Waals surface area contributed by atoms with Gasteiger partial charge in [0.15, 0.2) is 0 Å². The van der Waals surface area contributed by atoms with Crippen LogP contribution in [0.15, 0.2) is 18.2 Å². The van der Waals surface area contributed by atoms with Gasteiger partial charge in [0.1, 0.15) is 5.82 Å². The summed E-state index contributed by atoms with van der Waals surface area (Å²) in [6.45, 7) is 0. The molecule has 0 spiro atoms. The Bertz CT molecular complexity index is 747. The molecule has 0 bridgehead atoms. The van der Waals surface area contributed by atoms with Gasteiger partial charge >= 0.3 is 5.97 Å². The normalized spacial score (nSPS) is 10.7. The van der Waals surface area contributed by atoms with E-state index in [1.807, 2.05) is 0 Å². The fraction of sp³-hybridized carbons (Fsp3) is 0.0714. The van der Waals surface area contributed by atoms with E-state index in [9.17, 15) is 9.18 Å². The van der Waals surface area contributed by atoms with Crippen LogP contribution in [0.4, 0.5) is 4.39 Å². The summed E-state index contributed by atoms with van der Waals surface area (Å²) in [6, 6.07) is 3.44. The summed E-state index contributed by atoms with van der Waals surface area (Å²) in [5.41, 5.74) is 0.257. The standard InChI is InChI=1S/C14H6Cl5FO2/c1-22-14(21)6-3-2-5(20)4-7(6)8-9(15)11(17)13(19)12(18)10(8)16/h2-4H,1H3. The van der Waals surface area contributed by atoms with E-state index in [-0.39, 0.29) is 41.8 Å². The molecule has 22 heavy (non-hydrogen) atoms. The molecule has 2 aromatic rings. The molecule has 0 radical (unpaired) electrons. The molecule has 0 saturated carbocycles. The summed E-state index contributed by atoms with van der Waals surface area (Å²) in [7, 11) is 1.19. The van der Waals surface area contributed by atoms with Gasteiger partial charge < -0.3 is 4.74 Å². The van der Waals surface area contributed by atoms with Gasteiger partial charge in [-0.05, 0) is 18.2 Å². The lowest BCUT2D eigenvalue weighted by Crippen LogP contribution is -2.04. The van der Waals surface area contributed by atoms with Crippen LogP contribution in [-0.4, -0.2) is 13.1 Å². The van der Waals surface area contributed by atoms with Crippen molar-refractivity contribution in [3.63, 3.8) is 0 Å². The fourth-order valence-electron chi connectivity index (χ4n) is 1.85. The van der Waals surface area contributed by atoms with E-state index in [1.165, 1.54) is 13.2 Å². The highest BCUT2D eigenvalue weighted by Gasteiger charge is 2.24. The van der Waals surface area contributed by atoms with Crippen molar-refractivity contribution >= 4 is 64.0 Å². The van der Waals surface area contributed by atoms with Gasteiger partial charge in [-0.15, -0.1) is 0 Å². The Balaban J connectivity index is 2.88. The van der Waals surface area contributed by atoms with Crippen molar-refractivity contribution in [2.24, 2.45) is 0 Å². The Morgan fingerprint density at radius 1 is 0.955 bits per heavy atom. The van der Waals surface area contributed by atoms with Crippen LogP contribution in [0.2, 0.25) is 25.1 Å². The minimum Gasteiger partial charge on any atom is -0.465 e. The Kier molecular flexibility index (Phi) is 5.46. The van der Waals surface area contributed by atoms with E-state index in [2.05, 4.69) is 4.74 Å². The van der Waals surface area contributed by atoms with Gasteiger partial charge in [0.05, 0.1) is 37.8 Å². The van der Waals surface area contributed by atoms with E-state index >= 15 is 0 Å².